The van der Waals surface area contributed by atoms with Crippen LogP contribution in [-0.4, -0.2) is 37.0 Å². The summed E-state index contributed by atoms with van der Waals surface area (Å²) >= 11 is 0. The molecule has 1 amide bonds. The van der Waals surface area contributed by atoms with E-state index in [0.717, 1.165) is 19.6 Å². The minimum atomic E-state index is 0.266. The third-order valence-electron chi connectivity index (χ3n) is 2.47. The van der Waals surface area contributed by atoms with Crippen LogP contribution in [0, 0.1) is 0 Å². The fourth-order valence-electron chi connectivity index (χ4n) is 1.61. The smallest absolute Gasteiger partial charge is 0.236 e. The molecule has 0 aromatic heterocycles. The van der Waals surface area contributed by atoms with E-state index in [0.29, 0.717) is 6.54 Å². The largest absolute Gasteiger partial charge is 0.340 e. The molecule has 76 valence electrons. The van der Waals surface area contributed by atoms with Crippen LogP contribution in [0.1, 0.15) is 32.6 Å². The SMILES string of the molecule is CCCCCCN1CCNCC1=O. The topological polar surface area (TPSA) is 32.3 Å². The van der Waals surface area contributed by atoms with E-state index in [1.807, 2.05) is 4.90 Å². The Kier molecular flexibility index (Phi) is 4.83. The molecule has 1 saturated heterocycles. The van der Waals surface area contributed by atoms with Crippen LogP contribution in [0.2, 0.25) is 0 Å². The molecule has 1 aliphatic rings. The first-order valence-electron chi connectivity index (χ1n) is 5.33. The highest BCUT2D eigenvalue weighted by molar-refractivity contribution is 5.78. The van der Waals surface area contributed by atoms with Gasteiger partial charge in [0.1, 0.15) is 0 Å². The Morgan fingerprint density at radius 3 is 2.92 bits per heavy atom. The molecule has 1 rings (SSSR count). The standard InChI is InChI=1S/C10H20N2O/c1-2-3-4-5-7-12-8-6-11-9-10(12)13/h11H,2-9H2,1H3. The summed E-state index contributed by atoms with van der Waals surface area (Å²) in [5.41, 5.74) is 0. The van der Waals surface area contributed by atoms with Crippen molar-refractivity contribution in [1.82, 2.24) is 10.2 Å². The maximum Gasteiger partial charge on any atom is 0.236 e. The van der Waals surface area contributed by atoms with E-state index in [9.17, 15) is 4.79 Å². The number of rotatable bonds is 5. The first kappa shape index (κ1) is 10.5. The van der Waals surface area contributed by atoms with Crippen molar-refractivity contribution in [3.05, 3.63) is 0 Å². The Bertz CT molecular complexity index is 159. The van der Waals surface area contributed by atoms with E-state index >= 15 is 0 Å². The van der Waals surface area contributed by atoms with Crippen molar-refractivity contribution in [3.8, 4) is 0 Å². The lowest BCUT2D eigenvalue weighted by atomic mass is 10.2. The van der Waals surface area contributed by atoms with Crippen molar-refractivity contribution in [3.63, 3.8) is 0 Å². The Morgan fingerprint density at radius 1 is 1.38 bits per heavy atom. The predicted molar refractivity (Wildman–Crippen MR) is 53.6 cm³/mol. The van der Waals surface area contributed by atoms with E-state index < -0.39 is 0 Å². The van der Waals surface area contributed by atoms with E-state index in [1.165, 1.54) is 25.7 Å². The molecule has 0 unspecified atom stereocenters. The van der Waals surface area contributed by atoms with Crippen LogP contribution in [0.5, 0.6) is 0 Å². The summed E-state index contributed by atoms with van der Waals surface area (Å²) in [6.07, 6.45) is 4.98. The number of carbonyl (C=O) groups excluding carboxylic acids is 1. The molecule has 1 heterocycles. The molecular formula is C10H20N2O. The van der Waals surface area contributed by atoms with E-state index in [-0.39, 0.29) is 5.91 Å². The molecule has 13 heavy (non-hydrogen) atoms. The minimum absolute atomic E-state index is 0.266. The highest BCUT2D eigenvalue weighted by Gasteiger charge is 2.15. The van der Waals surface area contributed by atoms with Gasteiger partial charge in [0.05, 0.1) is 6.54 Å². The van der Waals surface area contributed by atoms with Gasteiger partial charge in [-0.2, -0.15) is 0 Å². The van der Waals surface area contributed by atoms with Gasteiger partial charge in [-0.1, -0.05) is 26.2 Å². The summed E-state index contributed by atoms with van der Waals surface area (Å²) in [7, 11) is 0. The third kappa shape index (κ3) is 3.77. The lowest BCUT2D eigenvalue weighted by Crippen LogP contribution is -2.48. The first-order chi connectivity index (χ1) is 6.34. The summed E-state index contributed by atoms with van der Waals surface area (Å²) < 4.78 is 0. The highest BCUT2D eigenvalue weighted by Crippen LogP contribution is 2.02. The average molecular weight is 184 g/mol. The van der Waals surface area contributed by atoms with Crippen LogP contribution >= 0.6 is 0 Å². The number of hydrogen-bond donors (Lipinski definition) is 1. The molecule has 0 radical (unpaired) electrons. The number of nitrogens with zero attached hydrogens (tertiary/aromatic N) is 1. The van der Waals surface area contributed by atoms with E-state index in [4.69, 9.17) is 0 Å². The molecule has 1 N–H and O–H groups in total. The van der Waals surface area contributed by atoms with Gasteiger partial charge in [0.2, 0.25) is 5.91 Å². The zero-order valence-electron chi connectivity index (χ0n) is 8.51. The fraction of sp³-hybridized carbons (Fsp3) is 0.900. The zero-order chi connectivity index (χ0) is 9.52. The number of carbonyl (C=O) groups is 1. The predicted octanol–water partition coefficient (Wildman–Crippen LogP) is 0.998. The Morgan fingerprint density at radius 2 is 2.23 bits per heavy atom. The van der Waals surface area contributed by atoms with Crippen LogP contribution in [-0.2, 0) is 4.79 Å². The monoisotopic (exact) mass is 184 g/mol. The molecule has 0 bridgehead atoms. The number of piperazine rings is 1. The normalized spacial score (nSPS) is 17.9. The molecule has 1 fully saturated rings. The molecule has 1 aliphatic heterocycles. The van der Waals surface area contributed by atoms with Crippen LogP contribution in [0.25, 0.3) is 0 Å². The Balaban J connectivity index is 2.08. The first-order valence-corrected chi connectivity index (χ1v) is 5.33. The Hall–Kier alpha value is -0.570. The summed E-state index contributed by atoms with van der Waals surface area (Å²) in [5.74, 6) is 0.266. The van der Waals surface area contributed by atoms with Crippen molar-refractivity contribution in [1.29, 1.82) is 0 Å². The number of hydrogen-bond acceptors (Lipinski definition) is 2. The maximum atomic E-state index is 11.3. The second-order valence-corrected chi connectivity index (χ2v) is 3.62. The molecule has 0 aromatic rings. The van der Waals surface area contributed by atoms with Gasteiger partial charge < -0.3 is 10.2 Å². The van der Waals surface area contributed by atoms with Gasteiger partial charge in [-0.25, -0.2) is 0 Å². The van der Waals surface area contributed by atoms with Gasteiger partial charge in [-0.3, -0.25) is 4.79 Å². The van der Waals surface area contributed by atoms with Crippen molar-refractivity contribution >= 4 is 5.91 Å². The third-order valence-corrected chi connectivity index (χ3v) is 2.47. The van der Waals surface area contributed by atoms with Crippen LogP contribution < -0.4 is 5.32 Å². The number of unbranched alkanes of at least 4 members (excludes halogenated alkanes) is 3. The van der Waals surface area contributed by atoms with Crippen LogP contribution in [0.15, 0.2) is 0 Å². The van der Waals surface area contributed by atoms with Crippen molar-refractivity contribution in [2.75, 3.05) is 26.2 Å². The van der Waals surface area contributed by atoms with Gasteiger partial charge in [0, 0.05) is 19.6 Å². The summed E-state index contributed by atoms with van der Waals surface area (Å²) in [6, 6.07) is 0. The van der Waals surface area contributed by atoms with Crippen molar-refractivity contribution in [2.24, 2.45) is 0 Å². The lowest BCUT2D eigenvalue weighted by Gasteiger charge is -2.27. The summed E-state index contributed by atoms with van der Waals surface area (Å²) in [4.78, 5) is 13.3. The maximum absolute atomic E-state index is 11.3. The second-order valence-electron chi connectivity index (χ2n) is 3.62. The van der Waals surface area contributed by atoms with Gasteiger partial charge in [-0.15, -0.1) is 0 Å². The van der Waals surface area contributed by atoms with Crippen LogP contribution in [0.3, 0.4) is 0 Å². The van der Waals surface area contributed by atoms with Crippen molar-refractivity contribution < 1.29 is 4.79 Å². The molecule has 0 aromatic carbocycles. The van der Waals surface area contributed by atoms with Crippen molar-refractivity contribution in [2.45, 2.75) is 32.6 Å². The van der Waals surface area contributed by atoms with Gasteiger partial charge in [0.15, 0.2) is 0 Å². The summed E-state index contributed by atoms with van der Waals surface area (Å²) in [6.45, 7) is 5.55. The van der Waals surface area contributed by atoms with Gasteiger partial charge in [0.25, 0.3) is 0 Å². The minimum Gasteiger partial charge on any atom is -0.340 e. The molecule has 0 spiro atoms. The lowest BCUT2D eigenvalue weighted by molar-refractivity contribution is -0.131. The second kappa shape index (κ2) is 5.97. The van der Waals surface area contributed by atoms with E-state index in [2.05, 4.69) is 12.2 Å². The van der Waals surface area contributed by atoms with Crippen LogP contribution in [0.4, 0.5) is 0 Å². The van der Waals surface area contributed by atoms with E-state index in [1.54, 1.807) is 0 Å². The molecule has 0 atom stereocenters. The molecule has 3 nitrogen and oxygen atoms in total. The fourth-order valence-corrected chi connectivity index (χ4v) is 1.61. The molecule has 0 aliphatic carbocycles. The van der Waals surface area contributed by atoms with Gasteiger partial charge >= 0.3 is 0 Å². The summed E-state index contributed by atoms with van der Waals surface area (Å²) in [5, 5.41) is 3.07. The molecule has 3 heteroatoms. The molecular weight excluding hydrogens is 164 g/mol. The zero-order valence-corrected chi connectivity index (χ0v) is 8.51. The Labute approximate surface area is 80.5 Å². The average Bonchev–Trinajstić information content (AvgIpc) is 2.15. The number of nitrogens with one attached hydrogen (secondary N) is 1. The molecule has 0 saturated carbocycles. The van der Waals surface area contributed by atoms with Gasteiger partial charge in [-0.05, 0) is 6.42 Å². The quantitative estimate of drug-likeness (QED) is 0.646. The highest BCUT2D eigenvalue weighted by atomic mass is 16.2. The number of amides is 1.